The fourth-order valence-corrected chi connectivity index (χ4v) is 2.50. The summed E-state index contributed by atoms with van der Waals surface area (Å²) in [5.41, 5.74) is 3.47. The van der Waals surface area contributed by atoms with Crippen LogP contribution >= 0.6 is 15.9 Å². The minimum absolute atomic E-state index is 0.0770. The Hall–Kier alpha value is -3.20. The zero-order valence-electron chi connectivity index (χ0n) is 13.6. The summed E-state index contributed by atoms with van der Waals surface area (Å²) in [7, 11) is 1.57. The van der Waals surface area contributed by atoms with Gasteiger partial charge in [0.25, 0.3) is 5.56 Å². The maximum Gasteiger partial charge on any atom is 0.279 e. The molecule has 0 aliphatic carbocycles. The van der Waals surface area contributed by atoms with Gasteiger partial charge in [-0.25, -0.2) is 5.43 Å². The van der Waals surface area contributed by atoms with Gasteiger partial charge in [0.05, 0.1) is 13.3 Å². The number of hydrogen-bond acceptors (Lipinski definition) is 7. The van der Waals surface area contributed by atoms with Crippen LogP contribution in [0, 0.1) is 0 Å². The standard InChI is InChI=1S/C17H14BrN5O3/c1-26-13-5-2-10(3-6-13)15-16(25)20-17(23-21-15)22-19-9-11-8-12(18)4-7-14(11)24/h2-9,24H,1H3,(H2,20,22,23,25)/b19-9+. The van der Waals surface area contributed by atoms with Crippen LogP contribution in [0.5, 0.6) is 11.5 Å². The molecular weight excluding hydrogens is 402 g/mol. The minimum Gasteiger partial charge on any atom is -0.507 e. The maximum atomic E-state index is 12.2. The van der Waals surface area contributed by atoms with Gasteiger partial charge in [0, 0.05) is 15.6 Å². The number of benzene rings is 2. The topological polar surface area (TPSA) is 112 Å². The first-order chi connectivity index (χ1) is 12.6. The van der Waals surface area contributed by atoms with Crippen LogP contribution in [0.1, 0.15) is 5.56 Å². The SMILES string of the molecule is COc1ccc(-c2nnc(N/N=C/c3cc(Br)ccc3O)[nH]c2=O)cc1. The Bertz CT molecular complexity index is 1000. The van der Waals surface area contributed by atoms with Crippen molar-refractivity contribution in [3.63, 3.8) is 0 Å². The van der Waals surface area contributed by atoms with Gasteiger partial charge in [-0.15, -0.1) is 10.2 Å². The molecule has 8 nitrogen and oxygen atoms in total. The molecule has 0 unspecified atom stereocenters. The Morgan fingerprint density at radius 2 is 2.00 bits per heavy atom. The molecule has 26 heavy (non-hydrogen) atoms. The summed E-state index contributed by atoms with van der Waals surface area (Å²) in [6.45, 7) is 0. The Morgan fingerprint density at radius 1 is 1.23 bits per heavy atom. The summed E-state index contributed by atoms with van der Waals surface area (Å²) in [4.78, 5) is 14.8. The molecule has 0 bridgehead atoms. The number of aromatic hydroxyl groups is 1. The monoisotopic (exact) mass is 415 g/mol. The van der Waals surface area contributed by atoms with Crippen LogP contribution in [0.25, 0.3) is 11.3 Å². The van der Waals surface area contributed by atoms with Gasteiger partial charge >= 0.3 is 0 Å². The molecular formula is C17H14BrN5O3. The number of rotatable bonds is 5. The van der Waals surface area contributed by atoms with E-state index in [0.29, 0.717) is 16.9 Å². The third-order valence-corrected chi connectivity index (χ3v) is 3.92. The van der Waals surface area contributed by atoms with Crippen LogP contribution < -0.4 is 15.7 Å². The number of halogens is 1. The van der Waals surface area contributed by atoms with Crippen LogP contribution in [0.15, 0.2) is 56.8 Å². The molecule has 0 atom stereocenters. The number of methoxy groups -OCH3 is 1. The predicted molar refractivity (Wildman–Crippen MR) is 102 cm³/mol. The quantitative estimate of drug-likeness (QED) is 0.436. The van der Waals surface area contributed by atoms with E-state index >= 15 is 0 Å². The number of anilines is 1. The van der Waals surface area contributed by atoms with Crippen molar-refractivity contribution in [3.05, 3.63) is 62.9 Å². The van der Waals surface area contributed by atoms with Crippen LogP contribution in [0.2, 0.25) is 0 Å². The summed E-state index contributed by atoms with van der Waals surface area (Å²) in [5, 5.41) is 21.5. The minimum atomic E-state index is -0.409. The lowest BCUT2D eigenvalue weighted by Crippen LogP contribution is -2.15. The van der Waals surface area contributed by atoms with Crippen molar-refractivity contribution < 1.29 is 9.84 Å². The van der Waals surface area contributed by atoms with Crippen LogP contribution in [-0.2, 0) is 0 Å². The summed E-state index contributed by atoms with van der Waals surface area (Å²) in [6, 6.07) is 11.9. The summed E-state index contributed by atoms with van der Waals surface area (Å²) >= 11 is 3.31. The number of aromatic amines is 1. The molecule has 0 saturated carbocycles. The van der Waals surface area contributed by atoms with E-state index in [-0.39, 0.29) is 17.4 Å². The van der Waals surface area contributed by atoms with Gasteiger partial charge in [-0.3, -0.25) is 9.78 Å². The van der Waals surface area contributed by atoms with E-state index in [2.05, 4.69) is 41.6 Å². The number of phenols is 1. The Labute approximate surface area is 156 Å². The molecule has 1 aromatic heterocycles. The highest BCUT2D eigenvalue weighted by Gasteiger charge is 2.07. The maximum absolute atomic E-state index is 12.2. The van der Waals surface area contributed by atoms with Gasteiger partial charge in [-0.2, -0.15) is 5.10 Å². The fraction of sp³-hybridized carbons (Fsp3) is 0.0588. The molecule has 3 N–H and O–H groups in total. The summed E-state index contributed by atoms with van der Waals surface area (Å²) < 4.78 is 5.88. The molecule has 0 fully saturated rings. The molecule has 0 saturated heterocycles. The second-order valence-corrected chi connectivity index (χ2v) is 6.07. The molecule has 1 heterocycles. The molecule has 0 spiro atoms. The third-order valence-electron chi connectivity index (χ3n) is 3.42. The van der Waals surface area contributed by atoms with Gasteiger partial charge in [-0.1, -0.05) is 15.9 Å². The lowest BCUT2D eigenvalue weighted by Gasteiger charge is -2.03. The number of aromatic nitrogens is 3. The van der Waals surface area contributed by atoms with E-state index < -0.39 is 5.56 Å². The Morgan fingerprint density at radius 3 is 2.69 bits per heavy atom. The first-order valence-electron chi connectivity index (χ1n) is 7.46. The molecule has 3 rings (SSSR count). The highest BCUT2D eigenvalue weighted by atomic mass is 79.9. The second kappa shape index (κ2) is 7.79. The highest BCUT2D eigenvalue weighted by molar-refractivity contribution is 9.10. The van der Waals surface area contributed by atoms with E-state index in [1.54, 1.807) is 43.5 Å². The number of hydrogen-bond donors (Lipinski definition) is 3. The van der Waals surface area contributed by atoms with Crippen LogP contribution in [0.3, 0.4) is 0 Å². The lowest BCUT2D eigenvalue weighted by molar-refractivity contribution is 0.415. The van der Waals surface area contributed by atoms with Gasteiger partial charge in [0.15, 0.2) is 5.69 Å². The zero-order chi connectivity index (χ0) is 18.5. The molecule has 132 valence electrons. The molecule has 9 heteroatoms. The van der Waals surface area contributed by atoms with E-state index in [1.165, 1.54) is 12.3 Å². The first-order valence-corrected chi connectivity index (χ1v) is 8.25. The van der Waals surface area contributed by atoms with Gasteiger partial charge < -0.3 is 9.84 Å². The number of ether oxygens (including phenoxy) is 1. The largest absolute Gasteiger partial charge is 0.507 e. The van der Waals surface area contributed by atoms with Crippen LogP contribution in [-0.4, -0.2) is 33.6 Å². The average molecular weight is 416 g/mol. The lowest BCUT2D eigenvalue weighted by atomic mass is 10.1. The number of hydrazone groups is 1. The predicted octanol–water partition coefficient (Wildman–Crippen LogP) is 2.75. The first kappa shape index (κ1) is 17.6. The Balaban J connectivity index is 1.76. The summed E-state index contributed by atoms with van der Waals surface area (Å²) in [5.74, 6) is 0.841. The van der Waals surface area contributed by atoms with E-state index in [9.17, 15) is 9.90 Å². The fourth-order valence-electron chi connectivity index (χ4n) is 2.12. The van der Waals surface area contributed by atoms with E-state index in [4.69, 9.17) is 4.74 Å². The zero-order valence-corrected chi connectivity index (χ0v) is 15.2. The molecule has 2 aromatic carbocycles. The van der Waals surface area contributed by atoms with E-state index in [1.807, 2.05) is 0 Å². The van der Waals surface area contributed by atoms with Crippen molar-refractivity contribution in [3.8, 4) is 22.8 Å². The molecule has 0 aliphatic rings. The number of nitrogens with one attached hydrogen (secondary N) is 2. The average Bonchev–Trinajstić information content (AvgIpc) is 2.65. The molecule has 3 aromatic rings. The van der Waals surface area contributed by atoms with Crippen molar-refractivity contribution in [1.82, 2.24) is 15.2 Å². The number of H-pyrrole nitrogens is 1. The van der Waals surface area contributed by atoms with Crippen molar-refractivity contribution in [1.29, 1.82) is 0 Å². The van der Waals surface area contributed by atoms with Crippen molar-refractivity contribution in [2.45, 2.75) is 0 Å². The number of phenolic OH excluding ortho intramolecular Hbond substituents is 1. The van der Waals surface area contributed by atoms with E-state index in [0.717, 1.165) is 4.47 Å². The normalized spacial score (nSPS) is 10.8. The van der Waals surface area contributed by atoms with Gasteiger partial charge in [-0.05, 0) is 42.5 Å². The molecule has 0 radical (unpaired) electrons. The van der Waals surface area contributed by atoms with Gasteiger partial charge in [0.2, 0.25) is 5.95 Å². The van der Waals surface area contributed by atoms with Crippen molar-refractivity contribution in [2.24, 2.45) is 5.10 Å². The highest BCUT2D eigenvalue weighted by Crippen LogP contribution is 2.20. The second-order valence-electron chi connectivity index (χ2n) is 5.15. The Kier molecular flexibility index (Phi) is 5.28. The molecule has 0 amide bonds. The van der Waals surface area contributed by atoms with Crippen molar-refractivity contribution in [2.75, 3.05) is 12.5 Å². The van der Waals surface area contributed by atoms with Gasteiger partial charge in [0.1, 0.15) is 11.5 Å². The smallest absolute Gasteiger partial charge is 0.279 e. The van der Waals surface area contributed by atoms with Crippen molar-refractivity contribution >= 4 is 28.1 Å². The third kappa shape index (κ3) is 4.06. The summed E-state index contributed by atoms with van der Waals surface area (Å²) in [6.07, 6.45) is 1.40. The molecule has 0 aliphatic heterocycles. The number of nitrogens with zero attached hydrogens (tertiary/aromatic N) is 3. The van der Waals surface area contributed by atoms with Crippen LogP contribution in [0.4, 0.5) is 5.95 Å².